The zero-order valence-electron chi connectivity index (χ0n) is 32.4. The lowest BCUT2D eigenvalue weighted by atomic mass is 10.1. The van der Waals surface area contributed by atoms with Crippen LogP contribution in [0.4, 0.5) is 0 Å². The van der Waals surface area contributed by atoms with E-state index in [1.807, 2.05) is 30.3 Å². The van der Waals surface area contributed by atoms with Crippen molar-refractivity contribution < 1.29 is 19.0 Å². The number of nitriles is 1. The summed E-state index contributed by atoms with van der Waals surface area (Å²) in [5, 5.41) is 25.5. The first-order valence-electron chi connectivity index (χ1n) is 18.6. The second-order valence-corrected chi connectivity index (χ2v) is 15.7. The first kappa shape index (κ1) is 44.9. The highest BCUT2D eigenvalue weighted by Gasteiger charge is 2.21. The summed E-state index contributed by atoms with van der Waals surface area (Å²) in [5.41, 5.74) is 3.20. The summed E-state index contributed by atoms with van der Waals surface area (Å²) in [6.45, 7) is 1.90. The van der Waals surface area contributed by atoms with Gasteiger partial charge in [-0.1, -0.05) is 69.6 Å². The number of aryl methyl sites for hydroxylation is 4. The normalized spacial score (nSPS) is 11.0. The quantitative estimate of drug-likeness (QED) is 0.0844. The lowest BCUT2D eigenvalue weighted by Crippen LogP contribution is -2.13. The molecule has 0 spiro atoms. The van der Waals surface area contributed by atoms with Gasteiger partial charge in [0.05, 0.1) is 23.8 Å². The lowest BCUT2D eigenvalue weighted by Gasteiger charge is -2.13. The highest BCUT2D eigenvalue weighted by atomic mass is 35.5. The Morgan fingerprint density at radius 2 is 1.13 bits per heavy atom. The zero-order valence-corrected chi connectivity index (χ0v) is 37.0. The number of nitrogens with one attached hydrogen (secondary N) is 4. The van der Waals surface area contributed by atoms with Crippen molar-refractivity contribution in [3.05, 3.63) is 158 Å². The molecule has 4 N–H and O–H groups in total. The molecule has 0 atom stereocenters. The zero-order chi connectivity index (χ0) is 44.8. The minimum absolute atomic E-state index is 0.000578. The number of aromatic amines is 4. The topological polar surface area (TPSA) is 217 Å². The summed E-state index contributed by atoms with van der Waals surface area (Å²) in [4.78, 5) is 50.6. The number of hydrogen-bond acceptors (Lipinski definition) is 11. The van der Waals surface area contributed by atoms with Gasteiger partial charge in [-0.15, -0.1) is 0 Å². The Labute approximate surface area is 386 Å². The summed E-state index contributed by atoms with van der Waals surface area (Å²) in [6.07, 6.45) is 5.12. The van der Waals surface area contributed by atoms with Gasteiger partial charge >= 0.3 is 5.97 Å². The van der Waals surface area contributed by atoms with Crippen LogP contribution in [0, 0.1) is 11.3 Å². The van der Waals surface area contributed by atoms with Crippen molar-refractivity contribution in [2.45, 2.75) is 32.6 Å². The third-order valence-corrected chi connectivity index (χ3v) is 11.1. The van der Waals surface area contributed by atoms with E-state index in [0.29, 0.717) is 59.0 Å². The van der Waals surface area contributed by atoms with Crippen LogP contribution >= 0.6 is 69.6 Å². The van der Waals surface area contributed by atoms with Crippen molar-refractivity contribution >= 4 is 97.6 Å². The fraction of sp³-hybridized carbons (Fsp3) is 0.143. The van der Waals surface area contributed by atoms with Crippen LogP contribution in [-0.2, 0) is 30.4 Å². The molecule has 0 saturated heterocycles. The Bertz CT molecular complexity index is 3180. The molecule has 63 heavy (non-hydrogen) atoms. The number of ether oxygens (including phenoxy) is 3. The van der Waals surface area contributed by atoms with Crippen molar-refractivity contribution in [2.24, 2.45) is 0 Å². The molecule has 21 heteroatoms. The van der Waals surface area contributed by atoms with Crippen molar-refractivity contribution in [1.82, 2.24) is 40.3 Å². The molecule has 6 heterocycles. The Kier molecular flexibility index (Phi) is 14.2. The average molecular weight is 968 g/mol. The number of pyridine rings is 4. The number of fused-ring (bicyclic) bond motifs is 2. The monoisotopic (exact) mass is 965 g/mol. The number of nitrogens with zero attached hydrogens (tertiary/aromatic N) is 5. The van der Waals surface area contributed by atoms with Gasteiger partial charge in [-0.05, 0) is 93.3 Å². The number of benzene rings is 2. The SMILES string of the molecule is CCOC(=O)c1cc(Cl)cc(Oc2c(Cl)c(CCc3[nH]nc4ncccc34)[nH]c(=O)c2Cl)c1.N#Cc1cc(Cl)cc(Oc2c(Cl)c(CCc3[nH]nc4ncccc34)[nH]c(=O)c2Cl)c1. The van der Waals surface area contributed by atoms with E-state index < -0.39 is 17.1 Å². The first-order chi connectivity index (χ1) is 30.3. The van der Waals surface area contributed by atoms with Gasteiger partial charge in [0.25, 0.3) is 11.1 Å². The molecule has 8 rings (SSSR count). The molecule has 0 aliphatic rings. The van der Waals surface area contributed by atoms with Crippen LogP contribution in [0.3, 0.4) is 0 Å². The fourth-order valence-corrected chi connectivity index (χ4v) is 7.71. The number of rotatable bonds is 12. The maximum absolute atomic E-state index is 12.4. The van der Waals surface area contributed by atoms with E-state index >= 15 is 0 Å². The van der Waals surface area contributed by atoms with Gasteiger partial charge in [-0.2, -0.15) is 15.5 Å². The van der Waals surface area contributed by atoms with Gasteiger partial charge < -0.3 is 24.2 Å². The molecular formula is C42H29Cl6N9O6. The predicted octanol–water partition coefficient (Wildman–Crippen LogP) is 10.4. The van der Waals surface area contributed by atoms with Gasteiger partial charge in [0, 0.05) is 56.0 Å². The summed E-state index contributed by atoms with van der Waals surface area (Å²) >= 11 is 37.5. The molecule has 15 nitrogen and oxygen atoms in total. The molecule has 8 aromatic rings. The van der Waals surface area contributed by atoms with E-state index in [-0.39, 0.29) is 60.3 Å². The summed E-state index contributed by atoms with van der Waals surface area (Å²) in [6, 6.07) is 18.3. The number of halogens is 6. The van der Waals surface area contributed by atoms with Gasteiger partial charge in [0.2, 0.25) is 0 Å². The Morgan fingerprint density at radius 1 is 0.651 bits per heavy atom. The number of esters is 1. The molecule has 0 radical (unpaired) electrons. The van der Waals surface area contributed by atoms with E-state index in [1.165, 1.54) is 36.4 Å². The molecule has 0 fully saturated rings. The van der Waals surface area contributed by atoms with Crippen molar-refractivity contribution in [1.29, 1.82) is 5.26 Å². The lowest BCUT2D eigenvalue weighted by molar-refractivity contribution is 0.0526. The highest BCUT2D eigenvalue weighted by Crippen LogP contribution is 2.39. The van der Waals surface area contributed by atoms with Crippen LogP contribution in [0.25, 0.3) is 22.1 Å². The van der Waals surface area contributed by atoms with Crippen LogP contribution in [0.5, 0.6) is 23.0 Å². The molecule has 0 amide bonds. The van der Waals surface area contributed by atoms with E-state index in [9.17, 15) is 14.4 Å². The molecule has 0 aliphatic carbocycles. The average Bonchev–Trinajstić information content (AvgIpc) is 3.89. The largest absolute Gasteiger partial charge is 0.462 e. The fourth-order valence-electron chi connectivity index (χ4n) is 6.25. The number of H-pyrrole nitrogens is 4. The molecule has 0 saturated carbocycles. The van der Waals surface area contributed by atoms with Crippen molar-refractivity contribution in [2.75, 3.05) is 6.61 Å². The van der Waals surface area contributed by atoms with Gasteiger partial charge in [0.1, 0.15) is 31.6 Å². The maximum atomic E-state index is 12.4. The molecule has 0 bridgehead atoms. The standard InChI is InChI=1S/C22H17Cl3N4O4.C20H12Cl3N5O2/c1-2-32-22(31)11-8-12(23)10-13(9-11)33-19-17(24)16(27-21(30)18(19)25)6-5-15-14-4-3-7-26-20(14)29-28-15;21-11-6-10(9-24)7-12(8-11)30-18-16(22)15(26-20(29)17(18)23)4-3-14-13-2-1-5-25-19(13)28-27-14/h3-4,7-10H,2,5-6H2,1H3,(H,27,30)(H,26,28,29);1-2,5-8H,3-4H2,(H,26,29)(H,25,27,28). The Morgan fingerprint density at radius 3 is 1.62 bits per heavy atom. The molecule has 2 aromatic carbocycles. The van der Waals surface area contributed by atoms with Crippen LogP contribution < -0.4 is 20.6 Å². The second kappa shape index (κ2) is 19.9. The summed E-state index contributed by atoms with van der Waals surface area (Å²) in [7, 11) is 0. The number of carbonyl (C=O) groups is 1. The Balaban J connectivity index is 0.000000190. The molecular weight excluding hydrogens is 939 g/mol. The van der Waals surface area contributed by atoms with Gasteiger partial charge in [0.15, 0.2) is 22.8 Å². The van der Waals surface area contributed by atoms with Crippen LogP contribution in [-0.4, -0.2) is 52.9 Å². The minimum Gasteiger partial charge on any atom is -0.462 e. The van der Waals surface area contributed by atoms with E-state index in [0.717, 1.165) is 22.2 Å². The van der Waals surface area contributed by atoms with E-state index in [1.54, 1.807) is 19.3 Å². The predicted molar refractivity (Wildman–Crippen MR) is 240 cm³/mol. The molecule has 6 aromatic heterocycles. The molecule has 0 aliphatic heterocycles. The molecule has 0 unspecified atom stereocenters. The minimum atomic E-state index is -0.560. The van der Waals surface area contributed by atoms with E-state index in [4.69, 9.17) is 89.1 Å². The van der Waals surface area contributed by atoms with E-state index in [2.05, 4.69) is 40.3 Å². The summed E-state index contributed by atoms with van der Waals surface area (Å²) < 4.78 is 16.6. The van der Waals surface area contributed by atoms with Crippen molar-refractivity contribution in [3.8, 4) is 29.1 Å². The maximum Gasteiger partial charge on any atom is 0.338 e. The third kappa shape index (κ3) is 10.4. The highest BCUT2D eigenvalue weighted by molar-refractivity contribution is 6.38. The van der Waals surface area contributed by atoms with Crippen LogP contribution in [0.1, 0.15) is 45.6 Å². The third-order valence-electron chi connectivity index (χ3n) is 9.14. The van der Waals surface area contributed by atoms with Crippen LogP contribution in [0.2, 0.25) is 30.1 Å². The van der Waals surface area contributed by atoms with Crippen molar-refractivity contribution in [3.63, 3.8) is 0 Å². The Hall–Kier alpha value is -6.12. The number of aromatic nitrogens is 8. The van der Waals surface area contributed by atoms with Gasteiger partial charge in [-0.25, -0.2) is 14.8 Å². The summed E-state index contributed by atoms with van der Waals surface area (Å²) in [5.74, 6) is -0.179. The molecule has 320 valence electrons. The first-order valence-corrected chi connectivity index (χ1v) is 20.9. The van der Waals surface area contributed by atoms with Crippen LogP contribution in [0.15, 0.2) is 82.6 Å². The number of hydrogen-bond donors (Lipinski definition) is 4. The smallest absolute Gasteiger partial charge is 0.338 e. The van der Waals surface area contributed by atoms with Gasteiger partial charge in [-0.3, -0.25) is 19.8 Å². The second-order valence-electron chi connectivity index (χ2n) is 13.3. The number of carbonyl (C=O) groups excluding carboxylic acids is 1.